The van der Waals surface area contributed by atoms with E-state index in [4.69, 9.17) is 0 Å². The molecule has 1 heterocycles. The van der Waals surface area contributed by atoms with E-state index in [2.05, 4.69) is 10.1 Å². The summed E-state index contributed by atoms with van der Waals surface area (Å²) in [6, 6.07) is 10.7. The molecular weight excluding hydrogens is 471 g/mol. The number of nitriles is 1. The van der Waals surface area contributed by atoms with Gasteiger partial charge < -0.3 is 10.1 Å². The van der Waals surface area contributed by atoms with Crippen molar-refractivity contribution in [2.24, 2.45) is 5.92 Å². The first-order valence-electron chi connectivity index (χ1n) is 10.5. The molecule has 1 aliphatic heterocycles. The summed E-state index contributed by atoms with van der Waals surface area (Å²) in [4.78, 5) is 12.9. The van der Waals surface area contributed by atoms with Crippen molar-refractivity contribution in [3.63, 3.8) is 0 Å². The third kappa shape index (κ3) is 6.07. The van der Waals surface area contributed by atoms with E-state index in [1.807, 2.05) is 13.0 Å². The van der Waals surface area contributed by atoms with Crippen LogP contribution in [-0.2, 0) is 14.8 Å². The van der Waals surface area contributed by atoms with E-state index in [-0.39, 0.29) is 40.9 Å². The molecule has 0 bridgehead atoms. The van der Waals surface area contributed by atoms with Crippen LogP contribution in [0, 0.1) is 31.1 Å². The Morgan fingerprint density at radius 3 is 2.44 bits per heavy atom. The van der Waals surface area contributed by atoms with Gasteiger partial charge in [0.25, 0.3) is 0 Å². The van der Waals surface area contributed by atoms with Gasteiger partial charge in [-0.05, 0) is 56.5 Å². The number of alkyl halides is 3. The highest BCUT2D eigenvalue weighted by Gasteiger charge is 2.33. The van der Waals surface area contributed by atoms with Gasteiger partial charge in [0.05, 0.1) is 10.5 Å². The van der Waals surface area contributed by atoms with Gasteiger partial charge in [-0.3, -0.25) is 4.79 Å². The number of benzene rings is 2. The molecule has 0 aromatic heterocycles. The van der Waals surface area contributed by atoms with Crippen molar-refractivity contribution in [1.82, 2.24) is 4.31 Å². The van der Waals surface area contributed by atoms with Crippen LogP contribution in [0.2, 0.25) is 0 Å². The van der Waals surface area contributed by atoms with Gasteiger partial charge in [-0.2, -0.15) is 22.7 Å². The van der Waals surface area contributed by atoms with Crippen LogP contribution in [0.5, 0.6) is 5.75 Å². The van der Waals surface area contributed by atoms with Crippen molar-refractivity contribution >= 4 is 21.6 Å². The minimum Gasteiger partial charge on any atom is -0.483 e. The molecule has 1 aliphatic rings. The van der Waals surface area contributed by atoms with Gasteiger partial charge in [-0.1, -0.05) is 17.7 Å². The summed E-state index contributed by atoms with van der Waals surface area (Å²) in [7, 11) is -3.68. The van der Waals surface area contributed by atoms with Gasteiger partial charge in [0, 0.05) is 24.7 Å². The molecule has 0 atom stereocenters. The molecule has 182 valence electrons. The number of piperidine rings is 1. The summed E-state index contributed by atoms with van der Waals surface area (Å²) in [5, 5.41) is 11.9. The van der Waals surface area contributed by atoms with E-state index in [1.54, 1.807) is 25.1 Å². The molecule has 7 nitrogen and oxygen atoms in total. The van der Waals surface area contributed by atoms with Gasteiger partial charge in [0.2, 0.25) is 15.9 Å². The highest BCUT2D eigenvalue weighted by Crippen LogP contribution is 2.28. The molecule has 2 aromatic carbocycles. The fourth-order valence-corrected chi connectivity index (χ4v) is 5.49. The van der Waals surface area contributed by atoms with Gasteiger partial charge in [-0.25, -0.2) is 8.42 Å². The second kappa shape index (κ2) is 10.0. The van der Waals surface area contributed by atoms with Crippen LogP contribution in [-0.4, -0.2) is 44.5 Å². The first-order chi connectivity index (χ1) is 15.9. The Kier molecular flexibility index (Phi) is 7.53. The van der Waals surface area contributed by atoms with Crippen molar-refractivity contribution in [2.45, 2.75) is 37.8 Å². The first-order valence-corrected chi connectivity index (χ1v) is 12.0. The number of hydrogen-bond acceptors (Lipinski definition) is 5. The average molecular weight is 496 g/mol. The number of nitrogens with one attached hydrogen (secondary N) is 1. The third-order valence-electron chi connectivity index (χ3n) is 5.53. The van der Waals surface area contributed by atoms with Crippen LogP contribution >= 0.6 is 0 Å². The normalized spacial score (nSPS) is 15.5. The van der Waals surface area contributed by atoms with E-state index in [1.165, 1.54) is 22.5 Å². The number of carbonyl (C=O) groups excluding carboxylic acids is 1. The lowest BCUT2D eigenvalue weighted by Crippen LogP contribution is -2.41. The van der Waals surface area contributed by atoms with Gasteiger partial charge in [0.15, 0.2) is 6.61 Å². The molecule has 1 saturated heterocycles. The van der Waals surface area contributed by atoms with Gasteiger partial charge >= 0.3 is 6.18 Å². The maximum atomic E-state index is 13.0. The smallest absolute Gasteiger partial charge is 0.422 e. The standard InChI is InChI=1S/C23H24F3N3O4S/c1-15-3-6-21(16(2)11-15)34(31,32)29-9-7-17(8-10-29)22(30)28-19-4-5-20(18(12-19)13-27)33-14-23(24,25)26/h3-6,11-12,17H,7-10,14H2,1-2H3,(H,28,30). The molecule has 0 spiro atoms. The topological polar surface area (TPSA) is 99.5 Å². The molecule has 1 N–H and O–H groups in total. The molecule has 34 heavy (non-hydrogen) atoms. The lowest BCUT2D eigenvalue weighted by molar-refractivity contribution is -0.153. The van der Waals surface area contributed by atoms with E-state index in [0.29, 0.717) is 18.4 Å². The van der Waals surface area contributed by atoms with Crippen molar-refractivity contribution < 1.29 is 31.1 Å². The van der Waals surface area contributed by atoms with E-state index < -0.39 is 28.7 Å². The van der Waals surface area contributed by atoms with Crippen molar-refractivity contribution in [3.8, 4) is 11.8 Å². The fraction of sp³-hybridized carbons (Fsp3) is 0.391. The summed E-state index contributed by atoms with van der Waals surface area (Å²) < 4.78 is 69.1. The number of anilines is 1. The van der Waals surface area contributed by atoms with Crippen molar-refractivity contribution in [1.29, 1.82) is 5.26 Å². The maximum absolute atomic E-state index is 13.0. The zero-order valence-electron chi connectivity index (χ0n) is 18.6. The number of hydrogen-bond donors (Lipinski definition) is 1. The number of ether oxygens (including phenoxy) is 1. The zero-order valence-corrected chi connectivity index (χ0v) is 19.5. The molecule has 2 aromatic rings. The largest absolute Gasteiger partial charge is 0.483 e. The van der Waals surface area contributed by atoms with Crippen LogP contribution in [0.1, 0.15) is 29.5 Å². The minimum atomic E-state index is -4.54. The second-order valence-corrected chi connectivity index (χ2v) is 10.1. The quantitative estimate of drug-likeness (QED) is 0.649. The van der Waals surface area contributed by atoms with Crippen molar-refractivity contribution in [2.75, 3.05) is 25.0 Å². The first kappa shape index (κ1) is 25.5. The van der Waals surface area contributed by atoms with Crippen LogP contribution in [0.3, 0.4) is 0 Å². The Balaban J connectivity index is 1.62. The van der Waals surface area contributed by atoms with Crippen LogP contribution in [0.15, 0.2) is 41.3 Å². The number of carbonyl (C=O) groups is 1. The van der Waals surface area contributed by atoms with E-state index >= 15 is 0 Å². The Morgan fingerprint density at radius 1 is 1.18 bits per heavy atom. The molecule has 0 saturated carbocycles. The predicted molar refractivity (Wildman–Crippen MR) is 119 cm³/mol. The Hall–Kier alpha value is -3.10. The Labute approximate surface area is 196 Å². The van der Waals surface area contributed by atoms with Crippen LogP contribution in [0.25, 0.3) is 0 Å². The fourth-order valence-electron chi connectivity index (χ4n) is 3.81. The highest BCUT2D eigenvalue weighted by atomic mass is 32.2. The number of sulfonamides is 1. The molecule has 0 aliphatic carbocycles. The Bertz CT molecular complexity index is 1210. The number of rotatable bonds is 6. The maximum Gasteiger partial charge on any atom is 0.422 e. The lowest BCUT2D eigenvalue weighted by Gasteiger charge is -2.31. The summed E-state index contributed by atoms with van der Waals surface area (Å²) in [5.41, 5.74) is 1.73. The molecule has 1 amide bonds. The minimum absolute atomic E-state index is 0.142. The number of halogens is 3. The van der Waals surface area contributed by atoms with Gasteiger partial charge in [-0.15, -0.1) is 0 Å². The molecule has 0 unspecified atom stereocenters. The monoisotopic (exact) mass is 495 g/mol. The summed E-state index contributed by atoms with van der Waals surface area (Å²) in [6.45, 7) is 2.46. The average Bonchev–Trinajstić information content (AvgIpc) is 2.77. The number of amides is 1. The molecular formula is C23H24F3N3O4S. The summed E-state index contributed by atoms with van der Waals surface area (Å²) in [6.07, 6.45) is -3.91. The van der Waals surface area contributed by atoms with Crippen LogP contribution < -0.4 is 10.1 Å². The number of aryl methyl sites for hydroxylation is 2. The van der Waals surface area contributed by atoms with Gasteiger partial charge in [0.1, 0.15) is 11.8 Å². The predicted octanol–water partition coefficient (Wildman–Crippen LogP) is 4.16. The molecule has 0 radical (unpaired) electrons. The highest BCUT2D eigenvalue weighted by molar-refractivity contribution is 7.89. The summed E-state index contributed by atoms with van der Waals surface area (Å²) >= 11 is 0. The third-order valence-corrected chi connectivity index (χ3v) is 7.59. The second-order valence-electron chi connectivity index (χ2n) is 8.16. The molecule has 1 fully saturated rings. The van der Waals surface area contributed by atoms with E-state index in [9.17, 15) is 31.6 Å². The van der Waals surface area contributed by atoms with Crippen LogP contribution in [0.4, 0.5) is 18.9 Å². The van der Waals surface area contributed by atoms with E-state index in [0.717, 1.165) is 5.56 Å². The zero-order chi connectivity index (χ0) is 25.1. The SMILES string of the molecule is Cc1ccc(S(=O)(=O)N2CCC(C(=O)Nc3ccc(OCC(F)(F)F)c(C#N)c3)CC2)c(C)c1. The van der Waals surface area contributed by atoms with Crippen molar-refractivity contribution in [3.05, 3.63) is 53.1 Å². The summed E-state index contributed by atoms with van der Waals surface area (Å²) in [5.74, 6) is -1.03. The number of nitrogens with zero attached hydrogens (tertiary/aromatic N) is 2. The molecule has 3 rings (SSSR count). The Morgan fingerprint density at radius 2 is 1.85 bits per heavy atom. The molecule has 11 heteroatoms. The lowest BCUT2D eigenvalue weighted by atomic mass is 9.97.